The molecular formula is C15H13ClN2OS. The number of rotatable bonds is 3. The number of nitrogens with one attached hydrogen (secondary N) is 2. The summed E-state index contributed by atoms with van der Waals surface area (Å²) in [4.78, 5) is 11.3. The number of carbonyl (C=O) groups excluding carboxylic acids is 1. The molecule has 2 N–H and O–H groups in total. The van der Waals surface area contributed by atoms with E-state index < -0.39 is 0 Å². The number of carbonyl (C=O) groups is 1. The van der Waals surface area contributed by atoms with Crippen molar-refractivity contribution in [2.75, 3.05) is 10.6 Å². The van der Waals surface area contributed by atoms with Crippen molar-refractivity contribution < 1.29 is 4.79 Å². The van der Waals surface area contributed by atoms with Gasteiger partial charge in [0.15, 0.2) is 10.9 Å². The van der Waals surface area contributed by atoms with Gasteiger partial charge in [0.1, 0.15) is 0 Å². The van der Waals surface area contributed by atoms with Gasteiger partial charge in [0, 0.05) is 22.0 Å². The first-order valence-corrected chi connectivity index (χ1v) is 6.78. The third-order valence-electron chi connectivity index (χ3n) is 2.63. The lowest BCUT2D eigenvalue weighted by molar-refractivity contribution is 0.101. The lowest BCUT2D eigenvalue weighted by Crippen LogP contribution is -2.19. The molecule has 0 unspecified atom stereocenters. The van der Waals surface area contributed by atoms with Crippen molar-refractivity contribution in [2.24, 2.45) is 0 Å². The van der Waals surface area contributed by atoms with Crippen molar-refractivity contribution in [1.82, 2.24) is 0 Å². The van der Waals surface area contributed by atoms with E-state index in [1.807, 2.05) is 24.3 Å². The largest absolute Gasteiger partial charge is 0.332 e. The van der Waals surface area contributed by atoms with Crippen LogP contribution < -0.4 is 10.6 Å². The molecule has 102 valence electrons. The van der Waals surface area contributed by atoms with Crippen molar-refractivity contribution in [1.29, 1.82) is 0 Å². The molecule has 0 spiro atoms. The molecule has 20 heavy (non-hydrogen) atoms. The van der Waals surface area contributed by atoms with Crippen molar-refractivity contribution >= 4 is 46.1 Å². The number of hydrogen-bond acceptors (Lipinski definition) is 2. The summed E-state index contributed by atoms with van der Waals surface area (Å²) in [6.07, 6.45) is 0. The van der Waals surface area contributed by atoms with E-state index in [-0.39, 0.29) is 5.78 Å². The second kappa shape index (κ2) is 6.50. The Morgan fingerprint density at radius 2 is 1.70 bits per heavy atom. The normalized spacial score (nSPS) is 9.90. The van der Waals surface area contributed by atoms with Gasteiger partial charge in [-0.15, -0.1) is 0 Å². The average Bonchev–Trinajstić information content (AvgIpc) is 2.41. The molecule has 2 aromatic carbocycles. The number of benzene rings is 2. The highest BCUT2D eigenvalue weighted by Crippen LogP contribution is 2.15. The van der Waals surface area contributed by atoms with Crippen LogP contribution in [0.2, 0.25) is 5.02 Å². The van der Waals surface area contributed by atoms with Crippen LogP contribution in [0.25, 0.3) is 0 Å². The van der Waals surface area contributed by atoms with Crippen LogP contribution in [0.5, 0.6) is 0 Å². The molecule has 0 bridgehead atoms. The predicted octanol–water partition coefficient (Wildman–Crippen LogP) is 4.35. The summed E-state index contributed by atoms with van der Waals surface area (Å²) < 4.78 is 0. The number of halogens is 1. The first kappa shape index (κ1) is 14.5. The smallest absolute Gasteiger partial charge is 0.175 e. The van der Waals surface area contributed by atoms with Gasteiger partial charge in [-0.25, -0.2) is 0 Å². The van der Waals surface area contributed by atoms with Gasteiger partial charge in [0.2, 0.25) is 0 Å². The van der Waals surface area contributed by atoms with Crippen molar-refractivity contribution in [3.05, 3.63) is 59.1 Å². The lowest BCUT2D eigenvalue weighted by Gasteiger charge is -2.11. The lowest BCUT2D eigenvalue weighted by atomic mass is 10.1. The van der Waals surface area contributed by atoms with Crippen LogP contribution >= 0.6 is 23.8 Å². The Balaban J connectivity index is 2.02. The molecule has 0 amide bonds. The topological polar surface area (TPSA) is 41.1 Å². The predicted molar refractivity (Wildman–Crippen MR) is 87.7 cm³/mol. The quantitative estimate of drug-likeness (QED) is 0.653. The van der Waals surface area contributed by atoms with E-state index in [4.69, 9.17) is 23.8 Å². The van der Waals surface area contributed by atoms with Crippen LogP contribution in [-0.4, -0.2) is 10.9 Å². The minimum Gasteiger partial charge on any atom is -0.332 e. The highest BCUT2D eigenvalue weighted by Gasteiger charge is 2.02. The molecule has 0 fully saturated rings. The molecule has 0 heterocycles. The van der Waals surface area contributed by atoms with Gasteiger partial charge in [-0.05, 0) is 55.5 Å². The Morgan fingerprint density at radius 3 is 2.35 bits per heavy atom. The summed E-state index contributed by atoms with van der Waals surface area (Å²) >= 11 is 11.0. The van der Waals surface area contributed by atoms with Gasteiger partial charge in [-0.3, -0.25) is 4.79 Å². The monoisotopic (exact) mass is 304 g/mol. The zero-order valence-electron chi connectivity index (χ0n) is 10.8. The number of hydrogen-bond donors (Lipinski definition) is 2. The Hall–Kier alpha value is -1.91. The fourth-order valence-electron chi connectivity index (χ4n) is 1.64. The molecule has 5 heteroatoms. The van der Waals surface area contributed by atoms with Gasteiger partial charge >= 0.3 is 0 Å². The van der Waals surface area contributed by atoms with Crippen LogP contribution in [0, 0.1) is 0 Å². The van der Waals surface area contributed by atoms with Gasteiger partial charge in [0.05, 0.1) is 0 Å². The standard InChI is InChI=1S/C15H13ClN2OS/c1-10(19)11-3-2-4-14(9-11)18-15(20)17-13-7-5-12(16)6-8-13/h2-9H,1H3,(H2,17,18,20). The van der Waals surface area contributed by atoms with E-state index in [1.165, 1.54) is 6.92 Å². The average molecular weight is 305 g/mol. The SMILES string of the molecule is CC(=O)c1cccc(NC(=S)Nc2ccc(Cl)cc2)c1. The van der Waals surface area contributed by atoms with E-state index in [0.29, 0.717) is 15.7 Å². The summed E-state index contributed by atoms with van der Waals surface area (Å²) in [6, 6.07) is 14.4. The number of Topliss-reactive ketones (excluding diaryl/α,β-unsaturated/α-hetero) is 1. The number of thiocarbonyl (C=S) groups is 1. The summed E-state index contributed by atoms with van der Waals surface area (Å²) in [6.45, 7) is 1.53. The van der Waals surface area contributed by atoms with Gasteiger partial charge in [0.25, 0.3) is 0 Å². The van der Waals surface area contributed by atoms with Crippen molar-refractivity contribution in [2.45, 2.75) is 6.92 Å². The third kappa shape index (κ3) is 4.05. The molecule has 0 radical (unpaired) electrons. The van der Waals surface area contributed by atoms with Crippen LogP contribution in [0.3, 0.4) is 0 Å². The highest BCUT2D eigenvalue weighted by atomic mass is 35.5. The van der Waals surface area contributed by atoms with E-state index in [1.54, 1.807) is 24.3 Å². The molecule has 0 saturated carbocycles. The maximum Gasteiger partial charge on any atom is 0.175 e. The Labute approximate surface area is 128 Å². The summed E-state index contributed by atoms with van der Waals surface area (Å²) in [5.74, 6) is 0.0187. The molecule has 2 aromatic rings. The summed E-state index contributed by atoms with van der Waals surface area (Å²) in [5.41, 5.74) is 2.25. The van der Waals surface area contributed by atoms with Crippen LogP contribution in [0.15, 0.2) is 48.5 Å². The Bertz CT molecular complexity index is 641. The second-order valence-electron chi connectivity index (χ2n) is 4.22. The Kier molecular flexibility index (Phi) is 4.71. The molecule has 0 aliphatic carbocycles. The van der Waals surface area contributed by atoms with E-state index in [0.717, 1.165) is 11.4 Å². The highest BCUT2D eigenvalue weighted by molar-refractivity contribution is 7.80. The first-order valence-electron chi connectivity index (χ1n) is 5.99. The van der Waals surface area contributed by atoms with Crippen molar-refractivity contribution in [3.63, 3.8) is 0 Å². The number of anilines is 2. The Morgan fingerprint density at radius 1 is 1.05 bits per heavy atom. The minimum atomic E-state index is 0.0187. The molecule has 2 rings (SSSR count). The summed E-state index contributed by atoms with van der Waals surface area (Å²) in [7, 11) is 0. The molecule has 0 saturated heterocycles. The van der Waals surface area contributed by atoms with Gasteiger partial charge in [-0.1, -0.05) is 23.7 Å². The molecular weight excluding hydrogens is 292 g/mol. The molecule has 0 atom stereocenters. The van der Waals surface area contributed by atoms with Crippen LogP contribution in [-0.2, 0) is 0 Å². The van der Waals surface area contributed by atoms with Crippen LogP contribution in [0.1, 0.15) is 17.3 Å². The summed E-state index contributed by atoms with van der Waals surface area (Å²) in [5, 5.41) is 7.20. The maximum absolute atomic E-state index is 11.3. The molecule has 3 nitrogen and oxygen atoms in total. The van der Waals surface area contributed by atoms with Gasteiger partial charge < -0.3 is 10.6 Å². The fraction of sp³-hybridized carbons (Fsp3) is 0.0667. The molecule has 0 aromatic heterocycles. The zero-order valence-corrected chi connectivity index (χ0v) is 12.4. The first-order chi connectivity index (χ1) is 9.54. The minimum absolute atomic E-state index is 0.0187. The second-order valence-corrected chi connectivity index (χ2v) is 5.07. The molecule has 0 aliphatic heterocycles. The number of ketones is 1. The van der Waals surface area contributed by atoms with E-state index in [2.05, 4.69) is 10.6 Å². The third-order valence-corrected chi connectivity index (χ3v) is 3.09. The van der Waals surface area contributed by atoms with E-state index in [9.17, 15) is 4.79 Å². The van der Waals surface area contributed by atoms with Gasteiger partial charge in [-0.2, -0.15) is 0 Å². The van der Waals surface area contributed by atoms with Crippen LogP contribution in [0.4, 0.5) is 11.4 Å². The maximum atomic E-state index is 11.3. The molecule has 0 aliphatic rings. The van der Waals surface area contributed by atoms with E-state index >= 15 is 0 Å². The fourth-order valence-corrected chi connectivity index (χ4v) is 2.00. The zero-order chi connectivity index (χ0) is 14.5. The van der Waals surface area contributed by atoms with Crippen molar-refractivity contribution in [3.8, 4) is 0 Å².